The molecule has 0 amide bonds. The minimum Gasteiger partial charge on any atom is -0.298 e. The smallest absolute Gasteiger partial charge is 0.147 e. The summed E-state index contributed by atoms with van der Waals surface area (Å²) in [7, 11) is 0. The Bertz CT molecular complexity index is 295. The van der Waals surface area contributed by atoms with E-state index in [-0.39, 0.29) is 0 Å². The maximum Gasteiger partial charge on any atom is 0.147 e. The van der Waals surface area contributed by atoms with Crippen LogP contribution in [0.2, 0.25) is 0 Å². The van der Waals surface area contributed by atoms with Crippen LogP contribution in [0, 0.1) is 3.57 Å². The Morgan fingerprint density at radius 2 is 2.00 bits per heavy atom. The molecule has 0 heterocycles. The molecular weight excluding hydrogens is 307 g/mol. The van der Waals surface area contributed by atoms with E-state index in [9.17, 15) is 4.79 Å². The van der Waals surface area contributed by atoms with Crippen molar-refractivity contribution in [2.45, 2.75) is 13.3 Å². The average Bonchev–Trinajstić information content (AvgIpc) is 2.18. The van der Waals surface area contributed by atoms with Gasteiger partial charge in [0.25, 0.3) is 0 Å². The maximum atomic E-state index is 11.4. The van der Waals surface area contributed by atoms with Crippen LogP contribution in [0.25, 0.3) is 0 Å². The standard InChI is InChI=1S/C11H13IOS/c1-2-14-8-11(13)7-9-3-5-10(12)6-4-9/h3-6H,2,7-8H2,1H3. The number of carbonyl (C=O) groups is 1. The topological polar surface area (TPSA) is 17.1 Å². The van der Waals surface area contributed by atoms with Gasteiger partial charge in [0.05, 0.1) is 5.75 Å². The Kier molecular flexibility index (Phi) is 5.55. The minimum atomic E-state index is 0.318. The molecule has 0 fully saturated rings. The van der Waals surface area contributed by atoms with Gasteiger partial charge in [-0.2, -0.15) is 11.8 Å². The Hall–Kier alpha value is -0.0300. The van der Waals surface area contributed by atoms with E-state index in [0.29, 0.717) is 18.0 Å². The van der Waals surface area contributed by atoms with Crippen LogP contribution in [-0.4, -0.2) is 17.3 Å². The number of halogens is 1. The third kappa shape index (κ3) is 4.46. The molecule has 1 nitrogen and oxygen atoms in total. The monoisotopic (exact) mass is 320 g/mol. The lowest BCUT2D eigenvalue weighted by molar-refractivity contribution is -0.116. The van der Waals surface area contributed by atoms with Crippen LogP contribution in [0.5, 0.6) is 0 Å². The van der Waals surface area contributed by atoms with E-state index in [1.165, 1.54) is 3.57 Å². The summed E-state index contributed by atoms with van der Waals surface area (Å²) >= 11 is 3.95. The number of hydrogen-bond donors (Lipinski definition) is 0. The van der Waals surface area contributed by atoms with E-state index in [1.54, 1.807) is 11.8 Å². The van der Waals surface area contributed by atoms with Crippen LogP contribution in [0.15, 0.2) is 24.3 Å². The van der Waals surface area contributed by atoms with E-state index in [4.69, 9.17) is 0 Å². The number of thioether (sulfide) groups is 1. The Labute approximate surface area is 103 Å². The molecule has 14 heavy (non-hydrogen) atoms. The molecule has 0 radical (unpaired) electrons. The minimum absolute atomic E-state index is 0.318. The molecule has 0 aliphatic rings. The average molecular weight is 320 g/mol. The first-order valence-corrected chi connectivity index (χ1v) is 6.79. The van der Waals surface area contributed by atoms with Crippen molar-refractivity contribution in [3.8, 4) is 0 Å². The van der Waals surface area contributed by atoms with Crippen molar-refractivity contribution in [1.29, 1.82) is 0 Å². The van der Waals surface area contributed by atoms with E-state index in [2.05, 4.69) is 29.5 Å². The van der Waals surface area contributed by atoms with Crippen molar-refractivity contribution in [1.82, 2.24) is 0 Å². The highest BCUT2D eigenvalue weighted by molar-refractivity contribution is 14.1. The van der Waals surface area contributed by atoms with Gasteiger partial charge < -0.3 is 0 Å². The van der Waals surface area contributed by atoms with Gasteiger partial charge in [0.15, 0.2) is 0 Å². The van der Waals surface area contributed by atoms with Crippen molar-refractivity contribution in [3.63, 3.8) is 0 Å². The van der Waals surface area contributed by atoms with Crippen molar-refractivity contribution >= 4 is 40.1 Å². The summed E-state index contributed by atoms with van der Waals surface area (Å²) in [5.41, 5.74) is 1.12. The zero-order valence-electron chi connectivity index (χ0n) is 8.13. The van der Waals surface area contributed by atoms with Gasteiger partial charge in [0.2, 0.25) is 0 Å². The third-order valence-corrected chi connectivity index (χ3v) is 3.44. The lowest BCUT2D eigenvalue weighted by atomic mass is 10.1. The summed E-state index contributed by atoms with van der Waals surface area (Å²) in [5.74, 6) is 1.97. The first-order chi connectivity index (χ1) is 6.72. The highest BCUT2D eigenvalue weighted by Crippen LogP contribution is 2.09. The number of rotatable bonds is 5. The lowest BCUT2D eigenvalue weighted by Gasteiger charge is -2.00. The Morgan fingerprint density at radius 1 is 1.36 bits per heavy atom. The van der Waals surface area contributed by atoms with Crippen molar-refractivity contribution < 1.29 is 4.79 Å². The van der Waals surface area contributed by atoms with Crippen LogP contribution in [0.3, 0.4) is 0 Å². The largest absolute Gasteiger partial charge is 0.298 e. The summed E-state index contributed by atoms with van der Waals surface area (Å²) in [6.45, 7) is 2.07. The zero-order valence-corrected chi connectivity index (χ0v) is 11.1. The predicted octanol–water partition coefficient (Wildman–Crippen LogP) is 3.16. The molecule has 1 aromatic carbocycles. The zero-order chi connectivity index (χ0) is 10.4. The second-order valence-corrected chi connectivity index (χ2v) is 5.50. The van der Waals surface area contributed by atoms with Crippen molar-refractivity contribution in [2.75, 3.05) is 11.5 Å². The van der Waals surface area contributed by atoms with Gasteiger partial charge in [-0.25, -0.2) is 0 Å². The fourth-order valence-electron chi connectivity index (χ4n) is 1.10. The van der Waals surface area contributed by atoms with Crippen LogP contribution in [0.1, 0.15) is 12.5 Å². The summed E-state index contributed by atoms with van der Waals surface area (Å²) in [6, 6.07) is 8.12. The van der Waals surface area contributed by atoms with Gasteiger partial charge in [-0.05, 0) is 46.0 Å². The fraction of sp³-hybridized carbons (Fsp3) is 0.364. The quantitative estimate of drug-likeness (QED) is 0.775. The van der Waals surface area contributed by atoms with E-state index < -0.39 is 0 Å². The second-order valence-electron chi connectivity index (χ2n) is 2.98. The lowest BCUT2D eigenvalue weighted by Crippen LogP contribution is -2.05. The third-order valence-electron chi connectivity index (χ3n) is 1.78. The highest BCUT2D eigenvalue weighted by atomic mass is 127. The molecule has 0 spiro atoms. The molecule has 0 N–H and O–H groups in total. The van der Waals surface area contributed by atoms with E-state index in [0.717, 1.165) is 11.3 Å². The van der Waals surface area contributed by atoms with E-state index >= 15 is 0 Å². The molecule has 1 rings (SSSR count). The Morgan fingerprint density at radius 3 is 2.57 bits per heavy atom. The van der Waals surface area contributed by atoms with Crippen molar-refractivity contribution in [2.24, 2.45) is 0 Å². The molecular formula is C11H13IOS. The molecule has 0 atom stereocenters. The molecule has 1 aromatic rings. The number of Topliss-reactive ketones (excluding diaryl/α,β-unsaturated/α-hetero) is 1. The molecule has 0 aromatic heterocycles. The fourth-order valence-corrected chi connectivity index (χ4v) is 1.99. The summed E-state index contributed by atoms with van der Waals surface area (Å²) < 4.78 is 1.21. The summed E-state index contributed by atoms with van der Waals surface area (Å²) in [5, 5.41) is 0. The van der Waals surface area contributed by atoms with E-state index in [1.807, 2.05) is 24.3 Å². The van der Waals surface area contributed by atoms with Crippen LogP contribution < -0.4 is 0 Å². The molecule has 0 saturated carbocycles. The van der Waals surface area contributed by atoms with Crippen molar-refractivity contribution in [3.05, 3.63) is 33.4 Å². The van der Waals surface area contributed by atoms with Gasteiger partial charge in [-0.3, -0.25) is 4.79 Å². The first kappa shape index (κ1) is 12.0. The number of carbonyl (C=O) groups excluding carboxylic acids is 1. The SMILES string of the molecule is CCSCC(=O)Cc1ccc(I)cc1. The van der Waals surface area contributed by atoms with Crippen LogP contribution in [0.4, 0.5) is 0 Å². The van der Waals surface area contributed by atoms with Gasteiger partial charge in [-0.1, -0.05) is 19.1 Å². The second kappa shape index (κ2) is 6.45. The normalized spacial score (nSPS) is 10.1. The summed E-state index contributed by atoms with van der Waals surface area (Å²) in [4.78, 5) is 11.4. The Balaban J connectivity index is 2.44. The van der Waals surface area contributed by atoms with Crippen LogP contribution >= 0.6 is 34.4 Å². The molecule has 0 unspecified atom stereocenters. The molecule has 3 heteroatoms. The highest BCUT2D eigenvalue weighted by Gasteiger charge is 2.02. The summed E-state index contributed by atoms with van der Waals surface area (Å²) in [6.07, 6.45) is 0.573. The molecule has 0 bridgehead atoms. The number of benzene rings is 1. The van der Waals surface area contributed by atoms with Gasteiger partial charge >= 0.3 is 0 Å². The maximum absolute atomic E-state index is 11.4. The van der Waals surface area contributed by atoms with Gasteiger partial charge in [-0.15, -0.1) is 0 Å². The number of hydrogen-bond acceptors (Lipinski definition) is 2. The molecule has 0 saturated heterocycles. The van der Waals surface area contributed by atoms with Gasteiger partial charge in [0, 0.05) is 9.99 Å². The van der Waals surface area contributed by atoms with Gasteiger partial charge in [0.1, 0.15) is 5.78 Å². The van der Waals surface area contributed by atoms with Crippen LogP contribution in [-0.2, 0) is 11.2 Å². The molecule has 0 aliphatic heterocycles. The number of ketones is 1. The predicted molar refractivity (Wildman–Crippen MR) is 70.9 cm³/mol. The first-order valence-electron chi connectivity index (χ1n) is 4.56. The molecule has 76 valence electrons. The molecule has 0 aliphatic carbocycles.